The fourth-order valence-electron chi connectivity index (χ4n) is 3.56. The van der Waals surface area contributed by atoms with E-state index in [1.165, 1.54) is 17.2 Å². The van der Waals surface area contributed by atoms with Gasteiger partial charge < -0.3 is 40.0 Å². The fourth-order valence-corrected chi connectivity index (χ4v) is 3.56. The van der Waals surface area contributed by atoms with Gasteiger partial charge in [-0.3, -0.25) is 9.36 Å². The van der Waals surface area contributed by atoms with Gasteiger partial charge in [-0.05, 0) is 20.8 Å². The minimum atomic E-state index is -2.62. The van der Waals surface area contributed by atoms with E-state index in [0.717, 1.165) is 6.08 Å². The van der Waals surface area contributed by atoms with Gasteiger partial charge in [-0.1, -0.05) is 0 Å². The molecular formula is C20H23N5O10. The first kappa shape index (κ1) is 24.3. The first-order chi connectivity index (χ1) is 16.4. The number of rotatable bonds is 6. The zero-order chi connectivity index (χ0) is 25.7. The van der Waals surface area contributed by atoms with Gasteiger partial charge in [0.25, 0.3) is 0 Å². The number of nitrogens with zero attached hydrogens (tertiary/aromatic N) is 4. The standard InChI is InChI=1S/C20H23N5O10/c1-19(2,3)18(31)33-7-32-16(28)12(27)20(17(29)30)4-8-11(35-20)10(26)15(34-8)25-6-24-9-13(21)22-5-23-14(9)25/h4-6,10-12,15,26-27H,7H2,1-3H3,(H,29,30)(H2,21,22,23). The number of hydrogen-bond acceptors (Lipinski definition) is 13. The molecule has 35 heavy (non-hydrogen) atoms. The number of nitrogen functional groups attached to an aromatic ring is 1. The van der Waals surface area contributed by atoms with E-state index in [1.807, 2.05) is 0 Å². The Labute approximate surface area is 197 Å². The van der Waals surface area contributed by atoms with Crippen molar-refractivity contribution in [2.24, 2.45) is 5.41 Å². The number of aliphatic carboxylic acids is 1. The van der Waals surface area contributed by atoms with Gasteiger partial charge in [-0.15, -0.1) is 0 Å². The molecule has 0 radical (unpaired) electrons. The monoisotopic (exact) mass is 493 g/mol. The van der Waals surface area contributed by atoms with Crippen molar-refractivity contribution in [3.05, 3.63) is 24.5 Å². The van der Waals surface area contributed by atoms with Crippen molar-refractivity contribution in [2.75, 3.05) is 12.5 Å². The number of fused-ring (bicyclic) bond motifs is 2. The third-order valence-corrected chi connectivity index (χ3v) is 5.45. The van der Waals surface area contributed by atoms with Gasteiger partial charge in [0.1, 0.15) is 36.1 Å². The highest BCUT2D eigenvalue weighted by Crippen LogP contribution is 2.44. The molecule has 5 unspecified atom stereocenters. The molecule has 4 heterocycles. The third kappa shape index (κ3) is 4.02. The lowest BCUT2D eigenvalue weighted by molar-refractivity contribution is -0.200. The van der Waals surface area contributed by atoms with E-state index >= 15 is 0 Å². The quantitative estimate of drug-likeness (QED) is 0.276. The van der Waals surface area contributed by atoms with Gasteiger partial charge in [-0.25, -0.2) is 24.5 Å². The molecule has 15 nitrogen and oxygen atoms in total. The number of imidazole rings is 1. The van der Waals surface area contributed by atoms with E-state index in [2.05, 4.69) is 15.0 Å². The van der Waals surface area contributed by atoms with Crippen LogP contribution < -0.4 is 5.73 Å². The summed E-state index contributed by atoms with van der Waals surface area (Å²) >= 11 is 0. The average Bonchev–Trinajstić information content (AvgIpc) is 3.46. The van der Waals surface area contributed by atoms with E-state index in [0.29, 0.717) is 0 Å². The number of hydrogen-bond donors (Lipinski definition) is 4. The predicted molar refractivity (Wildman–Crippen MR) is 112 cm³/mol. The second-order valence-corrected chi connectivity index (χ2v) is 8.93. The van der Waals surface area contributed by atoms with Crippen LogP contribution >= 0.6 is 0 Å². The highest BCUT2D eigenvalue weighted by molar-refractivity contribution is 5.91. The minimum Gasteiger partial charge on any atom is -0.479 e. The average molecular weight is 493 g/mol. The largest absolute Gasteiger partial charge is 0.479 e. The second kappa shape index (κ2) is 8.44. The number of carboxylic acid groups (broad SMARTS) is 1. The molecule has 0 spiro atoms. The van der Waals surface area contributed by atoms with E-state index in [4.69, 9.17) is 24.7 Å². The van der Waals surface area contributed by atoms with Crippen molar-refractivity contribution in [1.82, 2.24) is 19.5 Å². The van der Waals surface area contributed by atoms with Gasteiger partial charge in [0.05, 0.1) is 5.41 Å². The Morgan fingerprint density at radius 2 is 1.97 bits per heavy atom. The Balaban J connectivity index is 1.52. The van der Waals surface area contributed by atoms with Crippen LogP contribution in [0.3, 0.4) is 0 Å². The van der Waals surface area contributed by atoms with Crippen LogP contribution in [-0.2, 0) is 33.3 Å². The Bertz CT molecular complexity index is 1220. The van der Waals surface area contributed by atoms with E-state index in [-0.39, 0.29) is 22.7 Å². The molecule has 5 atom stereocenters. The first-order valence-electron chi connectivity index (χ1n) is 10.3. The third-order valence-electron chi connectivity index (χ3n) is 5.45. The maximum atomic E-state index is 12.3. The molecule has 2 aliphatic rings. The van der Waals surface area contributed by atoms with Gasteiger partial charge in [0.15, 0.2) is 17.6 Å². The number of anilines is 1. The second-order valence-electron chi connectivity index (χ2n) is 8.93. The van der Waals surface area contributed by atoms with Gasteiger partial charge in [-0.2, -0.15) is 0 Å². The zero-order valence-corrected chi connectivity index (χ0v) is 18.8. The van der Waals surface area contributed by atoms with Gasteiger partial charge in [0, 0.05) is 6.08 Å². The van der Waals surface area contributed by atoms with Crippen LogP contribution in [0, 0.1) is 5.41 Å². The fraction of sp³-hybridized carbons (Fsp3) is 0.500. The maximum absolute atomic E-state index is 12.3. The Hall–Kier alpha value is -3.82. The normalized spacial score (nSPS) is 26.5. The summed E-state index contributed by atoms with van der Waals surface area (Å²) in [5, 5.41) is 31.0. The number of ether oxygens (including phenoxy) is 4. The van der Waals surface area contributed by atoms with Crippen molar-refractivity contribution in [1.29, 1.82) is 0 Å². The number of carboxylic acids is 1. The summed E-state index contributed by atoms with van der Waals surface area (Å²) in [6.45, 7) is 3.89. The van der Waals surface area contributed by atoms with Gasteiger partial charge >= 0.3 is 17.9 Å². The SMILES string of the molecule is CC(C)(C)C(=O)OCOC(=O)C(O)C1(C(=O)O)C=C2OC(n3cnc4c(N)ncnc43)C(O)C2O1. The van der Waals surface area contributed by atoms with Crippen molar-refractivity contribution >= 4 is 34.9 Å². The van der Waals surface area contributed by atoms with Crippen LogP contribution in [0.25, 0.3) is 11.2 Å². The van der Waals surface area contributed by atoms with Crippen molar-refractivity contribution in [3.8, 4) is 0 Å². The summed E-state index contributed by atoms with van der Waals surface area (Å²) in [5.41, 5.74) is 2.79. The molecule has 1 fully saturated rings. The smallest absolute Gasteiger partial charge is 0.343 e. The molecule has 1 saturated heterocycles. The lowest BCUT2D eigenvalue weighted by Gasteiger charge is -2.29. The molecule has 188 valence electrons. The summed E-state index contributed by atoms with van der Waals surface area (Å²) in [4.78, 5) is 48.1. The Kier molecular flexibility index (Phi) is 5.86. The molecule has 2 aromatic rings. The van der Waals surface area contributed by atoms with Crippen LogP contribution in [0.4, 0.5) is 5.82 Å². The van der Waals surface area contributed by atoms with Crippen LogP contribution in [-0.4, -0.2) is 83.5 Å². The number of aliphatic hydroxyl groups excluding tert-OH is 2. The molecule has 0 saturated carbocycles. The summed E-state index contributed by atoms with van der Waals surface area (Å²) < 4.78 is 22.0. The number of carbonyl (C=O) groups is 3. The number of aliphatic hydroxyl groups is 2. The van der Waals surface area contributed by atoms with E-state index in [1.54, 1.807) is 20.8 Å². The molecule has 4 rings (SSSR count). The molecule has 0 bridgehead atoms. The van der Waals surface area contributed by atoms with Crippen LogP contribution in [0.5, 0.6) is 0 Å². The highest BCUT2D eigenvalue weighted by atomic mass is 16.7. The first-order valence-corrected chi connectivity index (χ1v) is 10.3. The van der Waals surface area contributed by atoms with Crippen LogP contribution in [0.2, 0.25) is 0 Å². The maximum Gasteiger partial charge on any atom is 0.343 e. The van der Waals surface area contributed by atoms with Gasteiger partial charge in [0.2, 0.25) is 18.6 Å². The number of nitrogens with two attached hydrogens (primary N) is 1. The zero-order valence-electron chi connectivity index (χ0n) is 18.8. The molecule has 0 aromatic carbocycles. The lowest BCUT2D eigenvalue weighted by atomic mass is 9.97. The Morgan fingerprint density at radius 1 is 1.26 bits per heavy atom. The minimum absolute atomic E-state index is 0.108. The molecule has 15 heteroatoms. The molecule has 0 amide bonds. The summed E-state index contributed by atoms with van der Waals surface area (Å²) in [6.07, 6.45) is -2.95. The molecule has 0 aliphatic carbocycles. The molecule has 2 aromatic heterocycles. The summed E-state index contributed by atoms with van der Waals surface area (Å²) in [7, 11) is 0. The predicted octanol–water partition coefficient (Wildman–Crippen LogP) is -1.14. The molecule has 2 aliphatic heterocycles. The number of esters is 2. The summed E-state index contributed by atoms with van der Waals surface area (Å²) in [6, 6.07) is 0. The van der Waals surface area contributed by atoms with Crippen LogP contribution in [0.15, 0.2) is 24.5 Å². The lowest BCUT2D eigenvalue weighted by Crippen LogP contribution is -2.54. The van der Waals surface area contributed by atoms with Crippen molar-refractivity contribution in [2.45, 2.75) is 50.9 Å². The number of aromatic nitrogens is 4. The Morgan fingerprint density at radius 3 is 2.60 bits per heavy atom. The van der Waals surface area contributed by atoms with E-state index in [9.17, 15) is 29.7 Å². The topological polar surface area (TPSA) is 218 Å². The van der Waals surface area contributed by atoms with Crippen molar-refractivity contribution in [3.63, 3.8) is 0 Å². The number of carbonyl (C=O) groups excluding carboxylic acids is 2. The molecule has 5 N–H and O–H groups in total. The van der Waals surface area contributed by atoms with E-state index < -0.39 is 60.3 Å². The highest BCUT2D eigenvalue weighted by Gasteiger charge is 2.61. The molecular weight excluding hydrogens is 470 g/mol. The van der Waals surface area contributed by atoms with Crippen molar-refractivity contribution < 1.29 is 48.7 Å². The van der Waals surface area contributed by atoms with Crippen LogP contribution in [0.1, 0.15) is 27.0 Å². The summed E-state index contributed by atoms with van der Waals surface area (Å²) in [5.74, 6) is -3.87.